The molecule has 8 heteroatoms. The first kappa shape index (κ1) is 27.0. The first-order valence-corrected chi connectivity index (χ1v) is 22.4. The van der Waals surface area contributed by atoms with Crippen molar-refractivity contribution in [3.63, 3.8) is 0 Å². The van der Waals surface area contributed by atoms with Crippen LogP contribution in [0.3, 0.4) is 0 Å². The van der Waals surface area contributed by atoms with Crippen LogP contribution in [0.5, 0.6) is 0 Å². The first-order valence-electron chi connectivity index (χ1n) is 12.5. The van der Waals surface area contributed by atoms with Crippen LogP contribution in [0.15, 0.2) is 28.9 Å². The minimum absolute atomic E-state index is 0.256. The molecule has 3 rings (SSSR count). The number of carbonyl (C=O) groups excluding carboxylic acids is 1. The molecule has 2 heterocycles. The normalized spacial score (nSPS) is 29.2. The van der Waals surface area contributed by atoms with E-state index in [2.05, 4.69) is 40.1 Å². The minimum atomic E-state index is -3.50. The van der Waals surface area contributed by atoms with Crippen LogP contribution in [-0.4, -0.2) is 57.2 Å². The van der Waals surface area contributed by atoms with Gasteiger partial charge in [0.25, 0.3) is 0 Å². The standard InChI is InChI=1S/C17H24O6Si.2C4H9.Sn/c1-6-22-15(20)12-9-10(2)13(18)14(19)17(12,21)11-7-8-23-16(11)24(3,4)5;2*1-3-4-2;/h7-8,12-14,21H,2,6,9H2,1,3-5H3;2*1,3-4H2,2H3;/q-2;;;+2/t12-,13+,14+,17+;;;/m0.../s1. The third kappa shape index (κ3) is 5.17. The van der Waals surface area contributed by atoms with Crippen LogP contribution in [0, 0.1) is 5.92 Å². The van der Waals surface area contributed by atoms with Gasteiger partial charge in [0.2, 0.25) is 0 Å². The van der Waals surface area contributed by atoms with E-state index in [1.807, 2.05) is 6.07 Å². The fourth-order valence-corrected chi connectivity index (χ4v) is 18.4. The van der Waals surface area contributed by atoms with Gasteiger partial charge in [-0.2, -0.15) is 0 Å². The number of ether oxygens (including phenoxy) is 1. The predicted molar refractivity (Wildman–Crippen MR) is 134 cm³/mol. The summed E-state index contributed by atoms with van der Waals surface area (Å²) in [4.78, 5) is 13.2. The molecule has 0 bridgehead atoms. The van der Waals surface area contributed by atoms with Crippen molar-refractivity contribution >= 4 is 38.6 Å². The number of furan rings is 1. The first-order chi connectivity index (χ1) is 15.5. The van der Waals surface area contributed by atoms with Gasteiger partial charge in [0.05, 0.1) is 0 Å². The molecule has 0 spiro atoms. The van der Waals surface area contributed by atoms with Crippen molar-refractivity contribution in [3.8, 4) is 0 Å². The van der Waals surface area contributed by atoms with Crippen molar-refractivity contribution in [3.05, 3.63) is 30.0 Å². The third-order valence-corrected chi connectivity index (χ3v) is 19.0. The van der Waals surface area contributed by atoms with Crippen LogP contribution in [0.1, 0.15) is 58.4 Å². The number of aliphatic hydroxyl groups is 1. The SMILES string of the molecule is C=C1C[C@@H](C(=O)OCC)[C@](O)(c2ccoc2[Si](C)(C)C)[C@@H]2[O][Sn]([CH2]CCC)([CH2]CCC)[O][C@H]12. The molecule has 0 amide bonds. The van der Waals surface area contributed by atoms with Crippen LogP contribution in [0.25, 0.3) is 0 Å². The van der Waals surface area contributed by atoms with E-state index >= 15 is 0 Å². The molecule has 1 N–H and O–H groups in total. The maximum absolute atomic E-state index is 13.2. The van der Waals surface area contributed by atoms with E-state index in [0.717, 1.165) is 45.5 Å². The Bertz CT molecular complexity index is 838. The summed E-state index contributed by atoms with van der Waals surface area (Å²) in [5.41, 5.74) is -0.0797. The number of hydrogen-bond donors (Lipinski definition) is 1. The topological polar surface area (TPSA) is 78.1 Å². The Morgan fingerprint density at radius 2 is 1.85 bits per heavy atom. The van der Waals surface area contributed by atoms with Gasteiger partial charge in [-0.05, 0) is 0 Å². The molecule has 2 fully saturated rings. The molecule has 6 nitrogen and oxygen atoms in total. The van der Waals surface area contributed by atoms with Crippen LogP contribution >= 0.6 is 0 Å². The number of carbonyl (C=O) groups is 1. The van der Waals surface area contributed by atoms with E-state index in [1.54, 1.807) is 13.2 Å². The number of unbranched alkanes of at least 4 members (excludes halogenated alkanes) is 2. The predicted octanol–water partition coefficient (Wildman–Crippen LogP) is 4.98. The van der Waals surface area contributed by atoms with Gasteiger partial charge < -0.3 is 0 Å². The van der Waals surface area contributed by atoms with E-state index in [4.69, 9.17) is 15.3 Å². The van der Waals surface area contributed by atoms with Gasteiger partial charge in [-0.15, -0.1) is 0 Å². The summed E-state index contributed by atoms with van der Waals surface area (Å²) in [6.07, 6.45) is 5.15. The van der Waals surface area contributed by atoms with E-state index in [1.165, 1.54) is 0 Å². The van der Waals surface area contributed by atoms with Crippen LogP contribution < -0.4 is 5.38 Å². The van der Waals surface area contributed by atoms with E-state index in [9.17, 15) is 9.90 Å². The molecule has 0 aromatic carbocycles. The van der Waals surface area contributed by atoms with Gasteiger partial charge >= 0.3 is 206 Å². The number of rotatable bonds is 10. The fourth-order valence-electron chi connectivity index (χ4n) is 5.27. The summed E-state index contributed by atoms with van der Waals surface area (Å²) in [5.74, 6) is -1.22. The Balaban J connectivity index is 2.13. The molecule has 1 aliphatic heterocycles. The summed E-state index contributed by atoms with van der Waals surface area (Å²) in [7, 11) is -1.96. The Kier molecular flexibility index (Phi) is 8.63. The van der Waals surface area contributed by atoms with Crippen molar-refractivity contribution in [1.29, 1.82) is 0 Å². The number of fused-ring (bicyclic) bond motifs is 1. The van der Waals surface area contributed by atoms with Crippen molar-refractivity contribution in [2.24, 2.45) is 5.92 Å². The molecule has 0 radical (unpaired) electrons. The van der Waals surface area contributed by atoms with E-state index in [-0.39, 0.29) is 6.61 Å². The summed E-state index contributed by atoms with van der Waals surface area (Å²) < 4.78 is 27.1. The monoisotopic (exact) mass is 586 g/mol. The van der Waals surface area contributed by atoms with Gasteiger partial charge in [0, 0.05) is 0 Å². The zero-order valence-corrected chi connectivity index (χ0v) is 25.1. The number of hydrogen-bond acceptors (Lipinski definition) is 6. The average Bonchev–Trinajstić information content (AvgIpc) is 3.40. The Morgan fingerprint density at radius 1 is 1.21 bits per heavy atom. The number of esters is 1. The van der Waals surface area contributed by atoms with Gasteiger partial charge in [-0.1, -0.05) is 0 Å². The average molecular weight is 585 g/mol. The van der Waals surface area contributed by atoms with Crippen LogP contribution in [0.2, 0.25) is 28.5 Å². The maximum atomic E-state index is 13.2. The molecule has 186 valence electrons. The van der Waals surface area contributed by atoms with Gasteiger partial charge in [0.1, 0.15) is 0 Å². The van der Waals surface area contributed by atoms with E-state index in [0.29, 0.717) is 12.0 Å². The molecule has 2 aliphatic rings. The second-order valence-corrected chi connectivity index (χ2v) is 25.0. The Labute approximate surface area is 205 Å². The molecule has 1 saturated carbocycles. The fraction of sp³-hybridized carbons (Fsp3) is 0.720. The van der Waals surface area contributed by atoms with Crippen molar-refractivity contribution < 1.29 is 25.2 Å². The van der Waals surface area contributed by atoms with E-state index < -0.39 is 57.0 Å². The van der Waals surface area contributed by atoms with Crippen LogP contribution in [-0.2, 0) is 21.3 Å². The summed E-state index contributed by atoms with van der Waals surface area (Å²) in [5, 5.41) is 13.3. The second-order valence-electron chi connectivity index (χ2n) is 10.6. The zero-order valence-electron chi connectivity index (χ0n) is 21.2. The summed E-state index contributed by atoms with van der Waals surface area (Å²) in [6.45, 7) is 17.2. The quantitative estimate of drug-likeness (QED) is 0.237. The van der Waals surface area contributed by atoms with Gasteiger partial charge in [-0.25, -0.2) is 0 Å². The molecule has 4 atom stereocenters. The molecule has 1 aromatic heterocycles. The van der Waals surface area contributed by atoms with Crippen molar-refractivity contribution in [1.82, 2.24) is 0 Å². The Hall–Kier alpha value is -0.614. The summed E-state index contributed by atoms with van der Waals surface area (Å²) in [6, 6.07) is 1.82. The third-order valence-electron chi connectivity index (χ3n) is 6.96. The molecular weight excluding hydrogens is 543 g/mol. The van der Waals surface area contributed by atoms with Crippen LogP contribution in [0.4, 0.5) is 0 Å². The molecule has 1 aliphatic carbocycles. The second kappa shape index (κ2) is 10.6. The molecular formula is C25H42O6SiSn. The Morgan fingerprint density at radius 3 is 2.39 bits per heavy atom. The summed E-state index contributed by atoms with van der Waals surface area (Å²) >= 11 is -3.50. The molecule has 0 unspecified atom stereocenters. The molecule has 33 heavy (non-hydrogen) atoms. The molecule has 1 aromatic rings. The molecule has 1 saturated heterocycles. The zero-order chi connectivity index (χ0) is 24.4. The van der Waals surface area contributed by atoms with Crippen molar-refractivity contribution in [2.45, 2.75) is 99.2 Å². The van der Waals surface area contributed by atoms with Crippen molar-refractivity contribution in [2.75, 3.05) is 6.61 Å². The van der Waals surface area contributed by atoms with Gasteiger partial charge in [0.15, 0.2) is 0 Å². The van der Waals surface area contributed by atoms with Gasteiger partial charge in [-0.3, -0.25) is 0 Å².